The summed E-state index contributed by atoms with van der Waals surface area (Å²) in [5.41, 5.74) is 0. The summed E-state index contributed by atoms with van der Waals surface area (Å²) in [6.45, 7) is 1.99. The minimum atomic E-state index is 0.754. The van der Waals surface area contributed by atoms with Crippen LogP contribution in [0.2, 0.25) is 12.6 Å². The van der Waals surface area contributed by atoms with E-state index in [0.29, 0.717) is 0 Å². The molecule has 0 heterocycles. The van der Waals surface area contributed by atoms with E-state index in [4.69, 9.17) is 7.85 Å². The lowest BCUT2D eigenvalue weighted by molar-refractivity contribution is 1.44. The van der Waals surface area contributed by atoms with Crippen molar-refractivity contribution < 1.29 is 0 Å². The predicted octanol–water partition coefficient (Wildman–Crippen LogP) is 1.23. The molecule has 35 valence electrons. The number of hydrogen-bond acceptors (Lipinski definition) is 0. The Labute approximate surface area is 47.6 Å². The average Bonchev–Trinajstić information content (AvgIpc) is 1.69. The molecule has 0 aliphatic rings. The maximum Gasteiger partial charge on any atom is 0.140 e. The predicted molar refractivity (Wildman–Crippen MR) is 35.9 cm³/mol. The second-order valence-electron chi connectivity index (χ2n) is 1.34. The van der Waals surface area contributed by atoms with Crippen molar-refractivity contribution in [3.05, 3.63) is 12.1 Å². The average molecular weight is 90.8 g/mol. The van der Waals surface area contributed by atoms with Crippen LogP contribution >= 0.6 is 0 Å². The molecular weight excluding hydrogens is 81.7 g/mol. The van der Waals surface area contributed by atoms with E-state index in [0.717, 1.165) is 12.6 Å². The van der Waals surface area contributed by atoms with E-state index >= 15 is 0 Å². The van der Waals surface area contributed by atoms with Crippen LogP contribution in [0.15, 0.2) is 12.1 Å². The molecule has 0 saturated heterocycles. The van der Waals surface area contributed by atoms with Crippen LogP contribution in [0.5, 0.6) is 0 Å². The second-order valence-corrected chi connectivity index (χ2v) is 1.34. The molecule has 0 nitrogen and oxygen atoms in total. The van der Waals surface area contributed by atoms with Crippen LogP contribution in [0, 0.1) is 0 Å². The third-order valence-electron chi connectivity index (χ3n) is 0.662. The molecule has 7 heavy (non-hydrogen) atoms. The molecule has 0 aliphatic heterocycles. The maximum absolute atomic E-state index is 5.20. The van der Waals surface area contributed by atoms with Crippen molar-refractivity contribution in [1.82, 2.24) is 0 Å². The fourth-order valence-corrected chi connectivity index (χ4v) is 0.329. The molecule has 0 aromatic heterocycles. The van der Waals surface area contributed by atoms with Crippen LogP contribution in [-0.4, -0.2) is 15.1 Å². The van der Waals surface area contributed by atoms with Crippen LogP contribution < -0.4 is 0 Å². The van der Waals surface area contributed by atoms with E-state index in [1.54, 1.807) is 0 Å². The molecule has 0 amide bonds. The summed E-state index contributed by atoms with van der Waals surface area (Å²) in [6, 6.07) is 0. The fourth-order valence-electron chi connectivity index (χ4n) is 0.329. The molecule has 0 bridgehead atoms. The first kappa shape index (κ1) is 6.87. The lowest BCUT2D eigenvalue weighted by Gasteiger charge is -1.81. The Morgan fingerprint density at radius 2 is 2.43 bits per heavy atom. The molecule has 0 saturated carbocycles. The van der Waals surface area contributed by atoms with Crippen LogP contribution in [-0.2, 0) is 0 Å². The monoisotopic (exact) mass is 91.1 g/mol. The zero-order valence-electron chi connectivity index (χ0n) is 4.72. The van der Waals surface area contributed by atoms with Crippen molar-refractivity contribution in [2.75, 3.05) is 0 Å². The quantitative estimate of drug-likeness (QED) is 0.361. The van der Waals surface area contributed by atoms with Crippen molar-refractivity contribution in [1.29, 1.82) is 0 Å². The van der Waals surface area contributed by atoms with Crippen molar-refractivity contribution in [2.45, 2.75) is 19.6 Å². The van der Waals surface area contributed by atoms with Gasteiger partial charge in [-0.2, -0.15) is 0 Å². The van der Waals surface area contributed by atoms with E-state index in [-0.39, 0.29) is 0 Å². The smallest absolute Gasteiger partial charge is 0.127 e. The Balaban J connectivity index is 2.69. The second kappa shape index (κ2) is 5.87. The van der Waals surface area contributed by atoms with Crippen molar-refractivity contribution in [2.24, 2.45) is 0 Å². The summed E-state index contributed by atoms with van der Waals surface area (Å²) in [6.07, 6.45) is 3.74. The van der Waals surface area contributed by atoms with Gasteiger partial charge in [-0.25, -0.2) is 0 Å². The van der Waals surface area contributed by atoms with Crippen LogP contribution in [0.3, 0.4) is 0 Å². The van der Waals surface area contributed by atoms with E-state index in [1.807, 2.05) is 19.0 Å². The first-order valence-electron chi connectivity index (χ1n) is 2.56. The zero-order valence-corrected chi connectivity index (χ0v) is 4.72. The molecule has 0 rings (SSSR count). The molecular formula is C5H9B2. The van der Waals surface area contributed by atoms with Crippen LogP contribution in [0.4, 0.5) is 0 Å². The molecule has 0 aliphatic carbocycles. The third kappa shape index (κ3) is 5.87. The number of rotatable bonds is 3. The lowest BCUT2D eigenvalue weighted by atomic mass is 9.70. The summed E-state index contributed by atoms with van der Waals surface area (Å²) in [5, 5.41) is 0. The fraction of sp³-hybridized carbons (Fsp3) is 0.600. The first-order chi connectivity index (χ1) is 3.41. The zero-order chi connectivity index (χ0) is 5.54. The van der Waals surface area contributed by atoms with Gasteiger partial charge in [0.05, 0.1) is 7.85 Å². The molecule has 0 unspecified atom stereocenters. The Bertz CT molecular complexity index is 50.0. The number of hydrogen-bond donors (Lipinski definition) is 0. The van der Waals surface area contributed by atoms with Crippen LogP contribution in [0.25, 0.3) is 0 Å². The Kier molecular flexibility index (Phi) is 5.76. The molecule has 0 fully saturated rings. The van der Waals surface area contributed by atoms with Crippen molar-refractivity contribution in [3.63, 3.8) is 0 Å². The maximum atomic E-state index is 5.20. The Morgan fingerprint density at radius 1 is 1.71 bits per heavy atom. The standard InChI is InChI=1S/C5H9B2/c1-2-4-7-5-3-6/h2,4H,3,5H2,1H3. The Morgan fingerprint density at radius 3 is 2.86 bits per heavy atom. The highest BCUT2D eigenvalue weighted by Gasteiger charge is 1.76. The van der Waals surface area contributed by atoms with Gasteiger partial charge >= 0.3 is 0 Å². The summed E-state index contributed by atoms with van der Waals surface area (Å²) in [4.78, 5) is 0. The largest absolute Gasteiger partial charge is 0.140 e. The van der Waals surface area contributed by atoms with Gasteiger partial charge in [-0.3, -0.25) is 0 Å². The Hall–Kier alpha value is -0.130. The molecule has 0 aromatic carbocycles. The van der Waals surface area contributed by atoms with Gasteiger partial charge in [0.2, 0.25) is 0 Å². The molecule has 2 heteroatoms. The number of allylic oxidation sites excluding steroid dienone is 1. The minimum Gasteiger partial charge on any atom is -0.127 e. The molecule has 0 aromatic rings. The van der Waals surface area contributed by atoms with E-state index < -0.39 is 0 Å². The van der Waals surface area contributed by atoms with E-state index in [1.165, 1.54) is 0 Å². The first-order valence-corrected chi connectivity index (χ1v) is 2.56. The van der Waals surface area contributed by atoms with Gasteiger partial charge in [-0.1, -0.05) is 12.6 Å². The lowest BCUT2D eigenvalue weighted by Crippen LogP contribution is -1.80. The normalized spacial score (nSPS) is 9.86. The molecule has 0 spiro atoms. The van der Waals surface area contributed by atoms with E-state index in [9.17, 15) is 0 Å². The van der Waals surface area contributed by atoms with Gasteiger partial charge in [0, 0.05) is 0 Å². The SMILES string of the molecule is [B]CC[B]C=CC. The van der Waals surface area contributed by atoms with Gasteiger partial charge in [0.1, 0.15) is 7.28 Å². The summed E-state index contributed by atoms with van der Waals surface area (Å²) >= 11 is 0. The van der Waals surface area contributed by atoms with Crippen molar-refractivity contribution >= 4 is 15.1 Å². The highest BCUT2D eigenvalue weighted by Crippen LogP contribution is 1.82. The van der Waals surface area contributed by atoms with Gasteiger partial charge in [-0.15, -0.1) is 12.1 Å². The topological polar surface area (TPSA) is 0 Å². The van der Waals surface area contributed by atoms with E-state index in [2.05, 4.69) is 7.28 Å². The third-order valence-corrected chi connectivity index (χ3v) is 0.662. The van der Waals surface area contributed by atoms with Crippen molar-refractivity contribution in [3.8, 4) is 0 Å². The molecule has 0 atom stereocenters. The highest BCUT2D eigenvalue weighted by atomic mass is 13.5. The van der Waals surface area contributed by atoms with Gasteiger partial charge in [-0.05, 0) is 6.92 Å². The summed E-state index contributed by atoms with van der Waals surface area (Å²) in [7, 11) is 7.26. The molecule has 0 N–H and O–H groups in total. The van der Waals surface area contributed by atoms with Gasteiger partial charge in [0.25, 0.3) is 0 Å². The van der Waals surface area contributed by atoms with Gasteiger partial charge in [0.15, 0.2) is 0 Å². The summed E-state index contributed by atoms with van der Waals surface area (Å²) < 4.78 is 0. The summed E-state index contributed by atoms with van der Waals surface area (Å²) in [5.74, 6) is 2.01. The van der Waals surface area contributed by atoms with Gasteiger partial charge < -0.3 is 0 Å². The van der Waals surface area contributed by atoms with Crippen LogP contribution in [0.1, 0.15) is 6.92 Å². The molecule has 3 radical (unpaired) electrons. The minimum absolute atomic E-state index is 0.754. The highest BCUT2D eigenvalue weighted by molar-refractivity contribution is 6.43.